The molecule has 164 valence electrons. The monoisotopic (exact) mass is 434 g/mol. The normalized spacial score (nSPS) is 14.0. The third kappa shape index (κ3) is 4.62. The third-order valence-corrected chi connectivity index (χ3v) is 4.79. The van der Waals surface area contributed by atoms with Crippen LogP contribution in [0.1, 0.15) is 5.56 Å². The second-order valence-corrected chi connectivity index (χ2v) is 6.74. The van der Waals surface area contributed by atoms with Crippen molar-refractivity contribution in [3.05, 3.63) is 71.2 Å². The number of halogens is 3. The molecular formula is C22H21F3N2O4. The first kappa shape index (κ1) is 22.5. The van der Waals surface area contributed by atoms with Crippen LogP contribution >= 0.6 is 0 Å². The molecule has 6 nitrogen and oxygen atoms in total. The number of anilines is 1. The summed E-state index contributed by atoms with van der Waals surface area (Å²) in [7, 11) is 2.98. The van der Waals surface area contributed by atoms with Crippen LogP contribution in [0.5, 0.6) is 0 Å². The minimum absolute atomic E-state index is 0.00873. The largest absolute Gasteiger partial charge is 0.383 e. The Kier molecular flexibility index (Phi) is 7.09. The Labute approximate surface area is 177 Å². The molecule has 2 aromatic carbocycles. The van der Waals surface area contributed by atoms with Crippen LogP contribution in [0.15, 0.2) is 48.2 Å². The number of carbonyl (C=O) groups excluding carboxylic acids is 2. The molecule has 0 atom stereocenters. The summed E-state index contributed by atoms with van der Waals surface area (Å²) in [6.07, 6.45) is 0. The zero-order valence-electron chi connectivity index (χ0n) is 17.0. The van der Waals surface area contributed by atoms with Gasteiger partial charge in [-0.15, -0.1) is 0 Å². The maximum absolute atomic E-state index is 14.5. The molecule has 0 aliphatic carbocycles. The zero-order chi connectivity index (χ0) is 22.5. The van der Waals surface area contributed by atoms with Crippen LogP contribution in [0.25, 0.3) is 5.57 Å². The van der Waals surface area contributed by atoms with Crippen molar-refractivity contribution in [1.82, 2.24) is 4.90 Å². The van der Waals surface area contributed by atoms with Crippen molar-refractivity contribution in [3.63, 3.8) is 0 Å². The van der Waals surface area contributed by atoms with Gasteiger partial charge in [-0.2, -0.15) is 0 Å². The molecule has 31 heavy (non-hydrogen) atoms. The van der Waals surface area contributed by atoms with Crippen molar-refractivity contribution in [2.75, 3.05) is 45.4 Å². The highest BCUT2D eigenvalue weighted by molar-refractivity contribution is 6.45. The third-order valence-electron chi connectivity index (χ3n) is 4.79. The molecule has 3 rings (SSSR count). The first-order valence-electron chi connectivity index (χ1n) is 9.46. The summed E-state index contributed by atoms with van der Waals surface area (Å²) in [4.78, 5) is 28.9. The first-order chi connectivity index (χ1) is 14.9. The Morgan fingerprint density at radius 2 is 1.42 bits per heavy atom. The molecule has 0 fully saturated rings. The van der Waals surface area contributed by atoms with E-state index in [1.165, 1.54) is 26.4 Å². The lowest BCUT2D eigenvalue weighted by Gasteiger charge is -2.25. The summed E-state index contributed by atoms with van der Waals surface area (Å²) < 4.78 is 51.5. The summed E-state index contributed by atoms with van der Waals surface area (Å²) in [5.74, 6) is -3.98. The summed E-state index contributed by atoms with van der Waals surface area (Å²) in [6.45, 7) is 0.990. The van der Waals surface area contributed by atoms with Gasteiger partial charge in [-0.25, -0.2) is 18.1 Å². The van der Waals surface area contributed by atoms with Crippen molar-refractivity contribution in [3.8, 4) is 0 Å². The molecule has 2 amide bonds. The molecule has 0 saturated heterocycles. The summed E-state index contributed by atoms with van der Waals surface area (Å²) in [5, 5.41) is 0. The van der Waals surface area contributed by atoms with Crippen molar-refractivity contribution in [1.29, 1.82) is 0 Å². The molecule has 0 spiro atoms. The van der Waals surface area contributed by atoms with E-state index >= 15 is 0 Å². The van der Waals surface area contributed by atoms with E-state index in [9.17, 15) is 22.8 Å². The maximum Gasteiger partial charge on any atom is 0.282 e. The van der Waals surface area contributed by atoms with Gasteiger partial charge < -0.3 is 14.4 Å². The fourth-order valence-electron chi connectivity index (χ4n) is 3.31. The molecule has 9 heteroatoms. The Hall–Kier alpha value is -3.17. The summed E-state index contributed by atoms with van der Waals surface area (Å²) in [6, 6.07) is 7.64. The van der Waals surface area contributed by atoms with Gasteiger partial charge in [0.15, 0.2) is 0 Å². The number of hydrogen-bond donors (Lipinski definition) is 0. The van der Waals surface area contributed by atoms with Crippen LogP contribution in [0, 0.1) is 17.5 Å². The summed E-state index contributed by atoms with van der Waals surface area (Å²) in [5.41, 5.74) is -0.0839. The second kappa shape index (κ2) is 9.76. The number of rotatable bonds is 9. The van der Waals surface area contributed by atoms with Crippen LogP contribution in [-0.4, -0.2) is 57.2 Å². The average molecular weight is 434 g/mol. The topological polar surface area (TPSA) is 59.1 Å². The molecule has 0 N–H and O–H groups in total. The van der Waals surface area contributed by atoms with E-state index in [2.05, 4.69) is 0 Å². The van der Waals surface area contributed by atoms with Crippen LogP contribution in [0.3, 0.4) is 0 Å². The summed E-state index contributed by atoms with van der Waals surface area (Å²) >= 11 is 0. The van der Waals surface area contributed by atoms with E-state index in [-0.39, 0.29) is 43.3 Å². The fraction of sp³-hybridized carbons (Fsp3) is 0.273. The van der Waals surface area contributed by atoms with E-state index in [1.54, 1.807) is 4.90 Å². The number of hydrogen-bond acceptors (Lipinski definition) is 5. The number of imide groups is 1. The molecule has 0 bridgehead atoms. The number of carbonyl (C=O) groups is 2. The van der Waals surface area contributed by atoms with Gasteiger partial charge in [0.1, 0.15) is 23.1 Å². The van der Waals surface area contributed by atoms with Gasteiger partial charge in [0.25, 0.3) is 11.8 Å². The molecular weight excluding hydrogens is 413 g/mol. The Morgan fingerprint density at radius 1 is 0.839 bits per heavy atom. The lowest BCUT2D eigenvalue weighted by Crippen LogP contribution is -2.38. The number of nitrogens with zero attached hydrogens (tertiary/aromatic N) is 2. The van der Waals surface area contributed by atoms with Gasteiger partial charge in [0, 0.05) is 33.4 Å². The molecule has 0 radical (unpaired) electrons. The Balaban J connectivity index is 2.14. The highest BCUT2D eigenvalue weighted by atomic mass is 19.1. The minimum atomic E-state index is -1.05. The van der Waals surface area contributed by atoms with Crippen molar-refractivity contribution < 1.29 is 32.2 Å². The molecule has 1 aliphatic rings. The van der Waals surface area contributed by atoms with Crippen LogP contribution in [0.2, 0.25) is 0 Å². The van der Waals surface area contributed by atoms with Crippen LogP contribution < -0.4 is 4.90 Å². The van der Waals surface area contributed by atoms with Gasteiger partial charge in [-0.05, 0) is 29.8 Å². The minimum Gasteiger partial charge on any atom is -0.383 e. The van der Waals surface area contributed by atoms with E-state index in [0.29, 0.717) is 16.5 Å². The molecule has 0 aromatic heterocycles. The van der Waals surface area contributed by atoms with Crippen molar-refractivity contribution >= 4 is 23.1 Å². The molecule has 1 aliphatic heterocycles. The van der Waals surface area contributed by atoms with Gasteiger partial charge in [-0.3, -0.25) is 9.59 Å². The number of methoxy groups -OCH3 is 2. The highest BCUT2D eigenvalue weighted by Gasteiger charge is 2.43. The lowest BCUT2D eigenvalue weighted by molar-refractivity contribution is -0.120. The van der Waals surface area contributed by atoms with E-state index in [0.717, 1.165) is 24.3 Å². The molecule has 2 aromatic rings. The average Bonchev–Trinajstić information content (AvgIpc) is 2.99. The second-order valence-electron chi connectivity index (χ2n) is 6.74. The lowest BCUT2D eigenvalue weighted by atomic mass is 10.0. The Bertz CT molecular complexity index is 1000. The first-order valence-corrected chi connectivity index (χ1v) is 9.46. The fourth-order valence-corrected chi connectivity index (χ4v) is 3.31. The zero-order valence-corrected chi connectivity index (χ0v) is 17.0. The standard InChI is InChI=1S/C22H21F3N2O4/c1-30-11-9-26(10-12-31-2)20-19(14-3-5-15(23)6-4-14)21(28)27(22(20)29)18-8-7-16(24)13-17(18)25/h3-8,13H,9-12H2,1-2H3. The predicted octanol–water partition coefficient (Wildman–Crippen LogP) is 2.98. The Morgan fingerprint density at radius 3 is 1.97 bits per heavy atom. The van der Waals surface area contributed by atoms with Gasteiger partial charge in [-0.1, -0.05) is 12.1 Å². The van der Waals surface area contributed by atoms with Gasteiger partial charge in [0.05, 0.1) is 24.5 Å². The highest BCUT2D eigenvalue weighted by Crippen LogP contribution is 2.36. The van der Waals surface area contributed by atoms with Crippen molar-refractivity contribution in [2.24, 2.45) is 0 Å². The molecule has 1 heterocycles. The number of amides is 2. The molecule has 0 saturated carbocycles. The van der Waals surface area contributed by atoms with E-state index in [4.69, 9.17) is 9.47 Å². The number of benzene rings is 2. The SMILES string of the molecule is COCCN(CCOC)C1=C(c2ccc(F)cc2)C(=O)N(c2ccc(F)cc2F)C1=O. The smallest absolute Gasteiger partial charge is 0.282 e. The van der Waals surface area contributed by atoms with Gasteiger partial charge in [0.2, 0.25) is 0 Å². The number of ether oxygens (including phenoxy) is 2. The van der Waals surface area contributed by atoms with Crippen LogP contribution in [0.4, 0.5) is 18.9 Å². The molecule has 0 unspecified atom stereocenters. The van der Waals surface area contributed by atoms with E-state index < -0.39 is 29.3 Å². The van der Waals surface area contributed by atoms with Crippen molar-refractivity contribution in [2.45, 2.75) is 0 Å². The predicted molar refractivity (Wildman–Crippen MR) is 107 cm³/mol. The van der Waals surface area contributed by atoms with Crippen LogP contribution in [-0.2, 0) is 19.1 Å². The quantitative estimate of drug-likeness (QED) is 0.568. The van der Waals surface area contributed by atoms with Gasteiger partial charge >= 0.3 is 0 Å². The maximum atomic E-state index is 14.5. The van der Waals surface area contributed by atoms with E-state index in [1.807, 2.05) is 0 Å².